The molecular weight excluding hydrogens is 431 g/mol. The molecule has 31 heavy (non-hydrogen) atoms. The van der Waals surface area contributed by atoms with Crippen LogP contribution in [0.25, 0.3) is 32.5 Å². The van der Waals surface area contributed by atoms with Crippen molar-refractivity contribution < 1.29 is 22.7 Å². The Kier molecular flexibility index (Phi) is 4.67. The summed E-state index contributed by atoms with van der Waals surface area (Å²) < 4.78 is 45.4. The highest BCUT2D eigenvalue weighted by atomic mass is 32.1. The van der Waals surface area contributed by atoms with Crippen molar-refractivity contribution in [3.63, 3.8) is 0 Å². The summed E-state index contributed by atoms with van der Waals surface area (Å²) in [5, 5.41) is 5.89. The summed E-state index contributed by atoms with van der Waals surface area (Å²) in [6.07, 6.45) is -2.91. The molecule has 1 fully saturated rings. The average Bonchev–Trinajstić information content (AvgIpc) is 3.33. The van der Waals surface area contributed by atoms with Crippen molar-refractivity contribution in [2.24, 2.45) is 7.05 Å². The zero-order valence-electron chi connectivity index (χ0n) is 16.3. The van der Waals surface area contributed by atoms with Crippen LogP contribution in [0.5, 0.6) is 0 Å². The number of morpholine rings is 1. The van der Waals surface area contributed by atoms with Gasteiger partial charge in [0.1, 0.15) is 4.83 Å². The first kappa shape index (κ1) is 19.9. The predicted octanol–water partition coefficient (Wildman–Crippen LogP) is 3.65. The number of hydrogen-bond acceptors (Lipinski definition) is 6. The van der Waals surface area contributed by atoms with Crippen molar-refractivity contribution in [1.82, 2.24) is 24.6 Å². The summed E-state index contributed by atoms with van der Waals surface area (Å²) in [6.45, 7) is -0.534. The zero-order chi connectivity index (χ0) is 21.8. The lowest BCUT2D eigenvalue weighted by Crippen LogP contribution is -2.51. The monoisotopic (exact) mass is 447 g/mol. The lowest BCUT2D eigenvalue weighted by molar-refractivity contribution is -0.233. The molecule has 0 radical (unpaired) electrons. The van der Waals surface area contributed by atoms with Crippen LogP contribution in [-0.4, -0.2) is 62.5 Å². The van der Waals surface area contributed by atoms with E-state index in [2.05, 4.69) is 15.1 Å². The van der Waals surface area contributed by atoms with Gasteiger partial charge in [-0.3, -0.25) is 9.48 Å². The van der Waals surface area contributed by atoms with Crippen molar-refractivity contribution in [2.45, 2.75) is 12.3 Å². The molecule has 0 unspecified atom stereocenters. The van der Waals surface area contributed by atoms with Crippen LogP contribution in [0.4, 0.5) is 13.2 Å². The normalized spacial score (nSPS) is 17.5. The van der Waals surface area contributed by atoms with E-state index in [0.29, 0.717) is 21.0 Å². The number of thiophene rings is 1. The van der Waals surface area contributed by atoms with Gasteiger partial charge < -0.3 is 9.64 Å². The topological polar surface area (TPSA) is 73.1 Å². The van der Waals surface area contributed by atoms with Crippen molar-refractivity contribution in [3.8, 4) is 11.3 Å². The third-order valence-corrected chi connectivity index (χ3v) is 6.11. The number of pyridine rings is 2. The standard InChI is InChI=1S/C20H16F3N5O2S/c1-27-9-13-6-12(8-24-17(13)26-27)14-3-2-11-7-15(31-18(11)25-14)19(29)28-4-5-30-16(10-28)20(21,22)23/h2-3,6-9,16H,4-5,10H2,1H3/t16-/m0/s1. The van der Waals surface area contributed by atoms with Crippen LogP contribution in [0.3, 0.4) is 0 Å². The van der Waals surface area contributed by atoms with Crippen LogP contribution in [0, 0.1) is 0 Å². The number of carbonyl (C=O) groups is 1. The van der Waals surface area contributed by atoms with Gasteiger partial charge in [-0.2, -0.15) is 18.3 Å². The largest absolute Gasteiger partial charge is 0.416 e. The van der Waals surface area contributed by atoms with Gasteiger partial charge in [-0.05, 0) is 24.3 Å². The Morgan fingerprint density at radius 3 is 2.90 bits per heavy atom. The molecule has 4 aromatic heterocycles. The van der Waals surface area contributed by atoms with E-state index in [-0.39, 0.29) is 13.2 Å². The number of aromatic nitrogens is 4. The van der Waals surface area contributed by atoms with E-state index in [9.17, 15) is 18.0 Å². The minimum absolute atomic E-state index is 0.120. The number of rotatable bonds is 2. The van der Waals surface area contributed by atoms with Crippen molar-refractivity contribution in [3.05, 3.63) is 41.5 Å². The Morgan fingerprint density at radius 1 is 1.26 bits per heavy atom. The number of nitrogens with zero attached hydrogens (tertiary/aromatic N) is 5. The highest BCUT2D eigenvalue weighted by molar-refractivity contribution is 7.20. The van der Waals surface area contributed by atoms with E-state index in [1.165, 1.54) is 4.90 Å². The first-order chi connectivity index (χ1) is 14.8. The molecule has 1 aliphatic heterocycles. The van der Waals surface area contributed by atoms with E-state index < -0.39 is 24.7 Å². The molecule has 11 heteroatoms. The first-order valence-electron chi connectivity index (χ1n) is 9.46. The van der Waals surface area contributed by atoms with Gasteiger partial charge in [0.2, 0.25) is 0 Å². The van der Waals surface area contributed by atoms with Crippen LogP contribution in [-0.2, 0) is 11.8 Å². The highest BCUT2D eigenvalue weighted by Crippen LogP contribution is 2.31. The SMILES string of the molecule is Cn1cc2cc(-c3ccc4cc(C(=O)N5CCO[C@H](C(F)(F)F)C5)sc4n3)cnc2n1. The lowest BCUT2D eigenvalue weighted by atomic mass is 10.1. The molecule has 5 rings (SSSR count). The molecule has 0 bridgehead atoms. The van der Waals surface area contributed by atoms with E-state index in [1.807, 2.05) is 31.4 Å². The molecule has 4 aromatic rings. The van der Waals surface area contributed by atoms with Gasteiger partial charge in [0.15, 0.2) is 11.8 Å². The van der Waals surface area contributed by atoms with Crippen molar-refractivity contribution in [1.29, 1.82) is 0 Å². The molecule has 0 N–H and O–H groups in total. The minimum atomic E-state index is -4.50. The molecule has 0 aliphatic carbocycles. The molecule has 1 saturated heterocycles. The second kappa shape index (κ2) is 7.27. The Bertz CT molecular complexity index is 1300. The Hall–Kier alpha value is -3.05. The maximum Gasteiger partial charge on any atom is 0.416 e. The van der Waals surface area contributed by atoms with Crippen LogP contribution >= 0.6 is 11.3 Å². The van der Waals surface area contributed by atoms with Gasteiger partial charge in [0.05, 0.1) is 23.7 Å². The second-order valence-electron chi connectivity index (χ2n) is 7.29. The maximum atomic E-state index is 13.0. The third-order valence-electron chi connectivity index (χ3n) is 5.08. The quantitative estimate of drug-likeness (QED) is 0.469. The molecule has 0 aromatic carbocycles. The zero-order valence-corrected chi connectivity index (χ0v) is 17.1. The predicted molar refractivity (Wildman–Crippen MR) is 109 cm³/mol. The van der Waals surface area contributed by atoms with Crippen molar-refractivity contribution >= 4 is 38.5 Å². The number of amides is 1. The lowest BCUT2D eigenvalue weighted by Gasteiger charge is -2.33. The Morgan fingerprint density at radius 2 is 2.10 bits per heavy atom. The third kappa shape index (κ3) is 3.74. The number of carbonyl (C=O) groups excluding carboxylic acids is 1. The van der Waals surface area contributed by atoms with Gasteiger partial charge in [0.25, 0.3) is 5.91 Å². The summed E-state index contributed by atoms with van der Waals surface area (Å²) >= 11 is 1.16. The fourth-order valence-electron chi connectivity index (χ4n) is 3.54. The molecule has 7 nitrogen and oxygen atoms in total. The van der Waals surface area contributed by atoms with Gasteiger partial charge in [-0.1, -0.05) is 0 Å². The van der Waals surface area contributed by atoms with E-state index in [0.717, 1.165) is 27.7 Å². The molecule has 1 atom stereocenters. The molecule has 0 saturated carbocycles. The number of ether oxygens (including phenoxy) is 1. The fraction of sp³-hybridized carbons (Fsp3) is 0.300. The molecule has 5 heterocycles. The fourth-order valence-corrected chi connectivity index (χ4v) is 4.54. The van der Waals surface area contributed by atoms with E-state index in [1.54, 1.807) is 16.9 Å². The summed E-state index contributed by atoms with van der Waals surface area (Å²) in [6, 6.07) is 7.28. The van der Waals surface area contributed by atoms with Crippen LogP contribution in [0.2, 0.25) is 0 Å². The number of fused-ring (bicyclic) bond motifs is 2. The number of halogens is 3. The molecule has 1 aliphatic rings. The molecule has 1 amide bonds. The number of aryl methyl sites for hydroxylation is 1. The second-order valence-corrected chi connectivity index (χ2v) is 8.32. The molecule has 160 valence electrons. The van der Waals surface area contributed by atoms with Crippen LogP contribution in [0.15, 0.2) is 36.7 Å². The van der Waals surface area contributed by atoms with Gasteiger partial charge in [0, 0.05) is 42.3 Å². The summed E-state index contributed by atoms with van der Waals surface area (Å²) in [4.78, 5) is 24.0. The van der Waals surface area contributed by atoms with Crippen molar-refractivity contribution in [2.75, 3.05) is 19.7 Å². The van der Waals surface area contributed by atoms with Crippen LogP contribution < -0.4 is 0 Å². The van der Waals surface area contributed by atoms with E-state index >= 15 is 0 Å². The summed E-state index contributed by atoms with van der Waals surface area (Å²) in [5.41, 5.74) is 2.14. The summed E-state index contributed by atoms with van der Waals surface area (Å²) in [5.74, 6) is -0.444. The van der Waals surface area contributed by atoms with Crippen LogP contribution in [0.1, 0.15) is 9.67 Å². The number of hydrogen-bond donors (Lipinski definition) is 0. The smallest absolute Gasteiger partial charge is 0.365 e. The van der Waals surface area contributed by atoms with Gasteiger partial charge in [-0.15, -0.1) is 11.3 Å². The average molecular weight is 447 g/mol. The van der Waals surface area contributed by atoms with Gasteiger partial charge in [-0.25, -0.2) is 9.97 Å². The molecule has 0 spiro atoms. The summed E-state index contributed by atoms with van der Waals surface area (Å²) in [7, 11) is 1.82. The molecular formula is C20H16F3N5O2S. The minimum Gasteiger partial charge on any atom is -0.365 e. The van der Waals surface area contributed by atoms with E-state index in [4.69, 9.17) is 4.74 Å². The Labute approximate surface area is 178 Å². The highest BCUT2D eigenvalue weighted by Gasteiger charge is 2.44. The van der Waals surface area contributed by atoms with Gasteiger partial charge >= 0.3 is 6.18 Å². The maximum absolute atomic E-state index is 13.0. The first-order valence-corrected chi connectivity index (χ1v) is 10.3. The Balaban J connectivity index is 1.43. The number of alkyl halides is 3.